The Morgan fingerprint density at radius 2 is 1.91 bits per heavy atom. The summed E-state index contributed by atoms with van der Waals surface area (Å²) >= 11 is 3.60. The molecule has 0 aromatic heterocycles. The van der Waals surface area contributed by atoms with Crippen LogP contribution in [0.1, 0.15) is 5.56 Å². The van der Waals surface area contributed by atoms with Crippen LogP contribution in [0.4, 0.5) is 0 Å². The van der Waals surface area contributed by atoms with Crippen LogP contribution in [0.25, 0.3) is 6.08 Å². The first kappa shape index (κ1) is 8.08. The van der Waals surface area contributed by atoms with Crippen LogP contribution < -0.4 is 0 Å². The summed E-state index contributed by atoms with van der Waals surface area (Å²) in [5, 5.41) is -0.228. The second-order valence-corrected chi connectivity index (χ2v) is 2.52. The highest BCUT2D eigenvalue weighted by atomic mass is 32.1. The van der Waals surface area contributed by atoms with Gasteiger partial charge >= 0.3 is 0 Å². The number of carbonyl (C=O) groups is 1. The van der Waals surface area contributed by atoms with Gasteiger partial charge in [0, 0.05) is 0 Å². The van der Waals surface area contributed by atoms with Crippen LogP contribution in [0.2, 0.25) is 0 Å². The largest absolute Gasteiger partial charge is 0.283 e. The standard InChI is InChI=1S/C9H8OS/c10-9(11)7-6-8-4-2-1-3-5-8/h1-7H,(H,10,11). The summed E-state index contributed by atoms with van der Waals surface area (Å²) in [4.78, 5) is 10.4. The smallest absolute Gasteiger partial charge is 0.209 e. The van der Waals surface area contributed by atoms with Crippen molar-refractivity contribution in [3.8, 4) is 0 Å². The van der Waals surface area contributed by atoms with E-state index < -0.39 is 0 Å². The number of hydrogen-bond donors (Lipinski definition) is 1. The van der Waals surface area contributed by atoms with Gasteiger partial charge in [0.25, 0.3) is 0 Å². The van der Waals surface area contributed by atoms with Crippen LogP contribution in [0.5, 0.6) is 0 Å². The Kier molecular flexibility index (Phi) is 2.93. The summed E-state index contributed by atoms with van der Waals surface area (Å²) in [6.45, 7) is 0. The highest BCUT2D eigenvalue weighted by Gasteiger charge is 1.84. The molecule has 1 aromatic rings. The highest BCUT2D eigenvalue weighted by molar-refractivity contribution is 7.97. The fraction of sp³-hybridized carbons (Fsp3) is 0. The molecule has 0 fully saturated rings. The third kappa shape index (κ3) is 3.05. The van der Waals surface area contributed by atoms with Gasteiger partial charge in [0.15, 0.2) is 0 Å². The van der Waals surface area contributed by atoms with E-state index in [2.05, 4.69) is 12.6 Å². The molecule has 0 spiro atoms. The quantitative estimate of drug-likeness (QED) is 0.523. The van der Waals surface area contributed by atoms with Crippen LogP contribution in [0.15, 0.2) is 36.4 Å². The summed E-state index contributed by atoms with van der Waals surface area (Å²) in [6, 6.07) is 9.62. The number of rotatable bonds is 2. The third-order valence-corrected chi connectivity index (χ3v) is 1.37. The Balaban J connectivity index is 2.72. The Morgan fingerprint density at radius 1 is 1.27 bits per heavy atom. The average molecular weight is 164 g/mol. The molecular formula is C9H8OS. The number of carbonyl (C=O) groups excluding carboxylic acids is 1. The van der Waals surface area contributed by atoms with Crippen LogP contribution >= 0.6 is 12.6 Å². The summed E-state index contributed by atoms with van der Waals surface area (Å²) in [7, 11) is 0. The molecule has 0 saturated heterocycles. The lowest BCUT2D eigenvalue weighted by molar-refractivity contribution is -0.106. The Hall–Kier alpha value is -1.02. The van der Waals surface area contributed by atoms with Gasteiger partial charge in [-0.15, -0.1) is 12.6 Å². The fourth-order valence-corrected chi connectivity index (χ4v) is 0.806. The summed E-state index contributed by atoms with van der Waals surface area (Å²) in [5.41, 5.74) is 1.01. The molecule has 0 radical (unpaired) electrons. The molecule has 1 rings (SSSR count). The minimum Gasteiger partial charge on any atom is -0.283 e. The fourth-order valence-electron chi connectivity index (χ4n) is 0.732. The molecule has 0 N–H and O–H groups in total. The van der Waals surface area contributed by atoms with Gasteiger partial charge in [-0.2, -0.15) is 0 Å². The van der Waals surface area contributed by atoms with E-state index in [9.17, 15) is 4.79 Å². The second kappa shape index (κ2) is 3.98. The van der Waals surface area contributed by atoms with E-state index in [-0.39, 0.29) is 5.12 Å². The third-order valence-electron chi connectivity index (χ3n) is 1.22. The van der Waals surface area contributed by atoms with Gasteiger partial charge < -0.3 is 0 Å². The SMILES string of the molecule is O=C(S)C=Cc1ccccc1. The molecule has 11 heavy (non-hydrogen) atoms. The summed E-state index contributed by atoms with van der Waals surface area (Å²) in [5.74, 6) is 0. The van der Waals surface area contributed by atoms with Crippen molar-refractivity contribution >= 4 is 23.8 Å². The van der Waals surface area contributed by atoms with Crippen molar-refractivity contribution < 1.29 is 4.79 Å². The van der Waals surface area contributed by atoms with Crippen molar-refractivity contribution in [1.82, 2.24) is 0 Å². The zero-order chi connectivity index (χ0) is 8.10. The minimum atomic E-state index is -0.228. The van der Waals surface area contributed by atoms with E-state index in [1.54, 1.807) is 6.08 Å². The molecule has 1 nitrogen and oxygen atoms in total. The molecule has 0 bridgehead atoms. The second-order valence-electron chi connectivity index (χ2n) is 2.08. The molecule has 1 aromatic carbocycles. The van der Waals surface area contributed by atoms with E-state index in [0.717, 1.165) is 5.56 Å². The molecule has 0 aliphatic rings. The summed E-state index contributed by atoms with van der Waals surface area (Å²) in [6.07, 6.45) is 3.16. The lowest BCUT2D eigenvalue weighted by atomic mass is 10.2. The molecular weight excluding hydrogens is 156 g/mol. The molecule has 0 unspecified atom stereocenters. The average Bonchev–Trinajstić information content (AvgIpc) is 2.03. The molecule has 0 saturated carbocycles. The molecule has 56 valence electrons. The normalized spacial score (nSPS) is 10.3. The monoisotopic (exact) mass is 164 g/mol. The van der Waals surface area contributed by atoms with Crippen LogP contribution in [0.3, 0.4) is 0 Å². The molecule has 2 heteroatoms. The van der Waals surface area contributed by atoms with Gasteiger partial charge in [0.2, 0.25) is 5.12 Å². The van der Waals surface area contributed by atoms with E-state index in [0.29, 0.717) is 0 Å². The van der Waals surface area contributed by atoms with Gasteiger partial charge in [-0.25, -0.2) is 0 Å². The first-order valence-electron chi connectivity index (χ1n) is 3.25. The first-order valence-corrected chi connectivity index (χ1v) is 3.70. The van der Waals surface area contributed by atoms with Gasteiger partial charge in [0.05, 0.1) is 0 Å². The van der Waals surface area contributed by atoms with Crippen molar-refractivity contribution in [2.24, 2.45) is 0 Å². The van der Waals surface area contributed by atoms with Crippen molar-refractivity contribution in [2.75, 3.05) is 0 Å². The number of benzene rings is 1. The van der Waals surface area contributed by atoms with Crippen molar-refractivity contribution in [1.29, 1.82) is 0 Å². The van der Waals surface area contributed by atoms with Crippen molar-refractivity contribution in [2.45, 2.75) is 0 Å². The summed E-state index contributed by atoms with van der Waals surface area (Å²) < 4.78 is 0. The Bertz CT molecular complexity index is 264. The van der Waals surface area contributed by atoms with Gasteiger partial charge in [-0.3, -0.25) is 4.79 Å². The van der Waals surface area contributed by atoms with Crippen LogP contribution in [-0.2, 0) is 4.79 Å². The number of thiol groups is 1. The molecule has 0 aliphatic heterocycles. The van der Waals surface area contributed by atoms with Crippen molar-refractivity contribution in [3.05, 3.63) is 42.0 Å². The highest BCUT2D eigenvalue weighted by Crippen LogP contribution is 2.00. The molecule has 0 heterocycles. The Morgan fingerprint density at radius 3 is 2.45 bits per heavy atom. The van der Waals surface area contributed by atoms with Crippen molar-refractivity contribution in [3.63, 3.8) is 0 Å². The van der Waals surface area contributed by atoms with E-state index in [4.69, 9.17) is 0 Å². The van der Waals surface area contributed by atoms with Crippen LogP contribution in [0, 0.1) is 0 Å². The lowest BCUT2D eigenvalue weighted by Crippen LogP contribution is -1.75. The number of hydrogen-bond acceptors (Lipinski definition) is 1. The van der Waals surface area contributed by atoms with Crippen LogP contribution in [-0.4, -0.2) is 5.12 Å². The van der Waals surface area contributed by atoms with E-state index >= 15 is 0 Å². The van der Waals surface area contributed by atoms with E-state index in [1.807, 2.05) is 30.3 Å². The van der Waals surface area contributed by atoms with Gasteiger partial charge in [-0.05, 0) is 11.6 Å². The van der Waals surface area contributed by atoms with Gasteiger partial charge in [-0.1, -0.05) is 36.4 Å². The predicted molar refractivity (Wildman–Crippen MR) is 49.5 cm³/mol. The topological polar surface area (TPSA) is 17.1 Å². The molecule has 0 aliphatic carbocycles. The molecule has 0 atom stereocenters. The minimum absolute atomic E-state index is 0.228. The maximum absolute atomic E-state index is 10.4. The Labute approximate surface area is 71.2 Å². The van der Waals surface area contributed by atoms with E-state index in [1.165, 1.54) is 6.08 Å². The zero-order valence-corrected chi connectivity index (χ0v) is 6.79. The maximum Gasteiger partial charge on any atom is 0.209 e. The first-order chi connectivity index (χ1) is 5.29. The molecule has 0 amide bonds. The maximum atomic E-state index is 10.4. The van der Waals surface area contributed by atoms with Gasteiger partial charge in [0.1, 0.15) is 0 Å². The lowest BCUT2D eigenvalue weighted by Gasteiger charge is -1.88. The predicted octanol–water partition coefficient (Wildman–Crippen LogP) is 2.16. The zero-order valence-electron chi connectivity index (χ0n) is 5.90.